The first-order valence-corrected chi connectivity index (χ1v) is 9.51. The lowest BCUT2D eigenvalue weighted by Gasteiger charge is -2.33. The third-order valence-electron chi connectivity index (χ3n) is 4.13. The largest absolute Gasteiger partial charge is 0.337 e. The molecule has 0 aliphatic carbocycles. The van der Waals surface area contributed by atoms with Crippen molar-refractivity contribution in [1.82, 2.24) is 19.0 Å². The van der Waals surface area contributed by atoms with Crippen molar-refractivity contribution in [1.29, 1.82) is 0 Å². The standard InChI is InChI=1S/C17H19FN4O3S/c1-20-13-14(12-19-20)5-6-17(23)21-7-9-22(10-8-21)26(24,25)16-4-2-3-15(18)11-16/h2-6,11-13H,7-10H2,1H3. The number of hydrogen-bond acceptors (Lipinski definition) is 4. The highest BCUT2D eigenvalue weighted by Crippen LogP contribution is 2.18. The minimum absolute atomic E-state index is 0.0752. The van der Waals surface area contributed by atoms with Crippen LogP contribution in [-0.2, 0) is 21.9 Å². The maximum atomic E-state index is 13.3. The van der Waals surface area contributed by atoms with E-state index in [-0.39, 0.29) is 37.0 Å². The number of nitrogens with zero attached hydrogens (tertiary/aromatic N) is 4. The van der Waals surface area contributed by atoms with Crippen molar-refractivity contribution in [3.8, 4) is 0 Å². The third-order valence-corrected chi connectivity index (χ3v) is 6.02. The number of benzene rings is 1. The fourth-order valence-electron chi connectivity index (χ4n) is 2.72. The topological polar surface area (TPSA) is 75.5 Å². The van der Waals surface area contributed by atoms with Crippen LogP contribution in [0.5, 0.6) is 0 Å². The summed E-state index contributed by atoms with van der Waals surface area (Å²) in [6, 6.07) is 4.94. The van der Waals surface area contributed by atoms with E-state index in [0.717, 1.165) is 11.6 Å². The minimum atomic E-state index is -3.76. The second-order valence-electron chi connectivity index (χ2n) is 5.97. The molecule has 1 aromatic heterocycles. The van der Waals surface area contributed by atoms with Gasteiger partial charge in [0.1, 0.15) is 5.82 Å². The second-order valence-corrected chi connectivity index (χ2v) is 7.91. The molecule has 2 heterocycles. The van der Waals surface area contributed by atoms with E-state index >= 15 is 0 Å². The second kappa shape index (κ2) is 7.38. The molecule has 0 saturated carbocycles. The lowest BCUT2D eigenvalue weighted by atomic mass is 10.3. The molecule has 0 bridgehead atoms. The molecule has 7 nitrogen and oxygen atoms in total. The Morgan fingerprint density at radius 3 is 2.58 bits per heavy atom. The summed E-state index contributed by atoms with van der Waals surface area (Å²) >= 11 is 0. The average molecular weight is 378 g/mol. The summed E-state index contributed by atoms with van der Waals surface area (Å²) in [7, 11) is -1.97. The number of sulfonamides is 1. The maximum Gasteiger partial charge on any atom is 0.246 e. The van der Waals surface area contributed by atoms with Gasteiger partial charge in [-0.15, -0.1) is 0 Å². The van der Waals surface area contributed by atoms with Gasteiger partial charge in [0.05, 0.1) is 11.1 Å². The molecule has 1 fully saturated rings. The quantitative estimate of drug-likeness (QED) is 0.747. The van der Waals surface area contributed by atoms with E-state index in [4.69, 9.17) is 0 Å². The highest BCUT2D eigenvalue weighted by Gasteiger charge is 2.29. The fourth-order valence-corrected chi connectivity index (χ4v) is 4.18. The molecule has 0 unspecified atom stereocenters. The van der Waals surface area contributed by atoms with Crippen LogP contribution in [0.25, 0.3) is 6.08 Å². The zero-order valence-corrected chi connectivity index (χ0v) is 15.1. The molecular weight excluding hydrogens is 359 g/mol. The van der Waals surface area contributed by atoms with Gasteiger partial charge in [0.2, 0.25) is 15.9 Å². The Hall–Kier alpha value is -2.52. The Kier molecular flexibility index (Phi) is 5.19. The van der Waals surface area contributed by atoms with Crippen LogP contribution in [0.3, 0.4) is 0 Å². The van der Waals surface area contributed by atoms with Crippen LogP contribution in [0, 0.1) is 5.82 Å². The molecule has 3 rings (SSSR count). The number of aromatic nitrogens is 2. The number of hydrogen-bond donors (Lipinski definition) is 0. The number of aryl methyl sites for hydroxylation is 1. The smallest absolute Gasteiger partial charge is 0.246 e. The van der Waals surface area contributed by atoms with Crippen LogP contribution >= 0.6 is 0 Å². The molecule has 0 atom stereocenters. The van der Waals surface area contributed by atoms with Gasteiger partial charge in [-0.25, -0.2) is 12.8 Å². The molecule has 9 heteroatoms. The Balaban J connectivity index is 1.61. The van der Waals surface area contributed by atoms with Gasteiger partial charge in [-0.2, -0.15) is 9.40 Å². The number of halogens is 1. The predicted molar refractivity (Wildman–Crippen MR) is 94.0 cm³/mol. The SMILES string of the molecule is Cn1cc(C=CC(=O)N2CCN(S(=O)(=O)c3cccc(F)c3)CC2)cn1. The average Bonchev–Trinajstić information content (AvgIpc) is 3.05. The van der Waals surface area contributed by atoms with E-state index in [9.17, 15) is 17.6 Å². The molecule has 0 spiro atoms. The number of amides is 1. The lowest BCUT2D eigenvalue weighted by Crippen LogP contribution is -2.50. The van der Waals surface area contributed by atoms with Crippen LogP contribution in [-0.4, -0.2) is 59.5 Å². The van der Waals surface area contributed by atoms with Crippen LogP contribution in [0.1, 0.15) is 5.56 Å². The first-order chi connectivity index (χ1) is 12.4. The van der Waals surface area contributed by atoms with Crippen molar-refractivity contribution in [3.63, 3.8) is 0 Å². The molecule has 1 aromatic carbocycles. The van der Waals surface area contributed by atoms with Crippen LogP contribution in [0.15, 0.2) is 47.6 Å². The first-order valence-electron chi connectivity index (χ1n) is 8.07. The van der Waals surface area contributed by atoms with Crippen molar-refractivity contribution >= 4 is 22.0 Å². The van der Waals surface area contributed by atoms with E-state index in [1.54, 1.807) is 35.1 Å². The van der Waals surface area contributed by atoms with Crippen LogP contribution in [0.2, 0.25) is 0 Å². The number of rotatable bonds is 4. The Morgan fingerprint density at radius 2 is 1.96 bits per heavy atom. The molecule has 1 aliphatic rings. The number of piperazine rings is 1. The van der Waals surface area contributed by atoms with Gasteiger partial charge in [-0.05, 0) is 24.3 Å². The normalized spacial score (nSPS) is 16.3. The van der Waals surface area contributed by atoms with Crippen molar-refractivity contribution < 1.29 is 17.6 Å². The van der Waals surface area contributed by atoms with E-state index in [1.807, 2.05) is 0 Å². The Labute approximate surface area is 151 Å². The highest BCUT2D eigenvalue weighted by molar-refractivity contribution is 7.89. The Morgan fingerprint density at radius 1 is 1.23 bits per heavy atom. The van der Waals surface area contributed by atoms with Crippen LogP contribution in [0.4, 0.5) is 4.39 Å². The summed E-state index contributed by atoms with van der Waals surface area (Å²) < 4.78 is 41.3. The Bertz CT molecular complexity index is 931. The van der Waals surface area contributed by atoms with Crippen molar-refractivity contribution in [3.05, 3.63) is 54.1 Å². The van der Waals surface area contributed by atoms with Gasteiger partial charge in [-0.1, -0.05) is 6.07 Å². The summed E-state index contributed by atoms with van der Waals surface area (Å²) in [6.45, 7) is 0.909. The number of carbonyl (C=O) groups excluding carboxylic acids is 1. The fraction of sp³-hybridized carbons (Fsp3) is 0.294. The van der Waals surface area contributed by atoms with Gasteiger partial charge in [0, 0.05) is 51.1 Å². The maximum absolute atomic E-state index is 13.3. The molecular formula is C17H19FN4O3S. The van der Waals surface area contributed by atoms with Gasteiger partial charge in [0.15, 0.2) is 0 Å². The molecule has 0 radical (unpaired) electrons. The van der Waals surface area contributed by atoms with Gasteiger partial charge in [0.25, 0.3) is 0 Å². The van der Waals surface area contributed by atoms with E-state index in [1.165, 1.54) is 28.6 Å². The lowest BCUT2D eigenvalue weighted by molar-refractivity contribution is -0.127. The zero-order chi connectivity index (χ0) is 18.7. The molecule has 26 heavy (non-hydrogen) atoms. The van der Waals surface area contributed by atoms with Crippen molar-refractivity contribution in [2.75, 3.05) is 26.2 Å². The van der Waals surface area contributed by atoms with Crippen LogP contribution < -0.4 is 0 Å². The molecule has 1 amide bonds. The van der Waals surface area contributed by atoms with Crippen molar-refractivity contribution in [2.45, 2.75) is 4.90 Å². The molecule has 138 valence electrons. The van der Waals surface area contributed by atoms with Crippen molar-refractivity contribution in [2.24, 2.45) is 7.05 Å². The summed E-state index contributed by atoms with van der Waals surface area (Å²) in [5.41, 5.74) is 0.813. The van der Waals surface area contributed by atoms with E-state index in [0.29, 0.717) is 0 Å². The monoisotopic (exact) mass is 378 g/mol. The zero-order valence-electron chi connectivity index (χ0n) is 14.2. The molecule has 1 aliphatic heterocycles. The summed E-state index contributed by atoms with van der Waals surface area (Å²) in [5.74, 6) is -0.780. The summed E-state index contributed by atoms with van der Waals surface area (Å²) in [4.78, 5) is 13.8. The molecule has 2 aromatic rings. The first kappa shape index (κ1) is 18.3. The van der Waals surface area contributed by atoms with E-state index in [2.05, 4.69) is 5.10 Å². The third kappa shape index (κ3) is 4.00. The van der Waals surface area contributed by atoms with Gasteiger partial charge >= 0.3 is 0 Å². The molecule has 0 N–H and O–H groups in total. The minimum Gasteiger partial charge on any atom is -0.337 e. The summed E-state index contributed by atoms with van der Waals surface area (Å²) in [6.07, 6.45) is 6.56. The highest BCUT2D eigenvalue weighted by atomic mass is 32.2. The van der Waals surface area contributed by atoms with Gasteiger partial charge in [-0.3, -0.25) is 9.48 Å². The van der Waals surface area contributed by atoms with E-state index < -0.39 is 15.8 Å². The summed E-state index contributed by atoms with van der Waals surface area (Å²) in [5, 5.41) is 4.02. The van der Waals surface area contributed by atoms with Gasteiger partial charge < -0.3 is 4.90 Å². The number of carbonyl (C=O) groups is 1. The predicted octanol–water partition coefficient (Wildman–Crippen LogP) is 1.11. The molecule has 1 saturated heterocycles.